The molecule has 0 bridgehead atoms. The lowest BCUT2D eigenvalue weighted by molar-refractivity contribution is -0.131. The van der Waals surface area contributed by atoms with Crippen molar-refractivity contribution in [1.82, 2.24) is 9.88 Å². The molecule has 2 aromatic rings. The van der Waals surface area contributed by atoms with E-state index in [1.165, 1.54) is 12.1 Å². The van der Waals surface area contributed by atoms with Gasteiger partial charge in [0.05, 0.1) is 12.6 Å². The fraction of sp³-hybridized carbons (Fsp3) is 0.294. The van der Waals surface area contributed by atoms with Gasteiger partial charge in [-0.05, 0) is 48.9 Å². The van der Waals surface area contributed by atoms with Crippen molar-refractivity contribution in [3.63, 3.8) is 0 Å². The summed E-state index contributed by atoms with van der Waals surface area (Å²) in [5.41, 5.74) is 6.91. The number of carbonyl (C=O) groups excluding carboxylic acids is 1. The first kappa shape index (κ1) is 18.6. The fourth-order valence-electron chi connectivity index (χ4n) is 2.27. The Morgan fingerprint density at radius 2 is 1.92 bits per heavy atom. The van der Waals surface area contributed by atoms with Gasteiger partial charge >= 0.3 is 0 Å². The fourth-order valence-corrected chi connectivity index (χ4v) is 2.85. The van der Waals surface area contributed by atoms with Gasteiger partial charge in [-0.2, -0.15) is 0 Å². The van der Waals surface area contributed by atoms with Crippen LogP contribution in [0.25, 0.3) is 0 Å². The number of halogens is 3. The van der Waals surface area contributed by atoms with E-state index in [0.29, 0.717) is 41.8 Å². The Bertz CT molecular complexity index is 674. The van der Waals surface area contributed by atoms with Crippen molar-refractivity contribution >= 4 is 29.1 Å². The zero-order chi connectivity index (χ0) is 17.5. The topological polar surface area (TPSA) is 59.2 Å². The number of nitrogens with zero attached hydrogens (tertiary/aromatic N) is 2. The van der Waals surface area contributed by atoms with Gasteiger partial charge in [-0.15, -0.1) is 0 Å². The summed E-state index contributed by atoms with van der Waals surface area (Å²) >= 11 is 12.0. The maximum absolute atomic E-state index is 12.9. The molecule has 0 unspecified atom stereocenters. The average molecular weight is 370 g/mol. The lowest BCUT2D eigenvalue weighted by atomic mass is 10.1. The van der Waals surface area contributed by atoms with Crippen LogP contribution in [0.3, 0.4) is 0 Å². The summed E-state index contributed by atoms with van der Waals surface area (Å²) < 4.78 is 12.9. The molecule has 0 fully saturated rings. The second-order valence-electron chi connectivity index (χ2n) is 5.38. The summed E-state index contributed by atoms with van der Waals surface area (Å²) in [6.07, 6.45) is 1.87. The Morgan fingerprint density at radius 3 is 2.50 bits per heavy atom. The number of hydrogen-bond acceptors (Lipinski definition) is 3. The minimum atomic E-state index is -0.431. The third kappa shape index (κ3) is 5.74. The molecule has 128 valence electrons. The first-order chi connectivity index (χ1) is 11.5. The van der Waals surface area contributed by atoms with Crippen molar-refractivity contribution in [3.05, 3.63) is 63.6 Å². The van der Waals surface area contributed by atoms with E-state index >= 15 is 0 Å². The van der Waals surface area contributed by atoms with E-state index in [1.807, 2.05) is 0 Å². The molecular formula is C17H18Cl2FN3O. The van der Waals surface area contributed by atoms with Gasteiger partial charge in [-0.25, -0.2) is 4.39 Å². The smallest absolute Gasteiger partial charge is 0.228 e. The normalized spacial score (nSPS) is 10.7. The molecule has 4 nitrogen and oxygen atoms in total. The summed E-state index contributed by atoms with van der Waals surface area (Å²) in [5, 5.41) is 1.04. The van der Waals surface area contributed by atoms with Crippen LogP contribution in [0.15, 0.2) is 36.5 Å². The molecule has 1 heterocycles. The molecule has 2 N–H and O–H groups in total. The molecule has 0 radical (unpaired) electrons. The summed E-state index contributed by atoms with van der Waals surface area (Å²) in [7, 11) is 0. The van der Waals surface area contributed by atoms with E-state index in [2.05, 4.69) is 4.98 Å². The molecule has 0 aliphatic heterocycles. The number of aromatic nitrogens is 1. The van der Waals surface area contributed by atoms with Crippen LogP contribution in [0, 0.1) is 5.82 Å². The Morgan fingerprint density at radius 1 is 1.21 bits per heavy atom. The Labute approximate surface area is 150 Å². The van der Waals surface area contributed by atoms with Crippen LogP contribution in [0.4, 0.5) is 4.39 Å². The Balaban J connectivity index is 2.11. The number of amides is 1. The summed E-state index contributed by atoms with van der Waals surface area (Å²) in [6.45, 7) is 1.37. The Hall–Kier alpha value is -1.69. The molecule has 0 aliphatic rings. The van der Waals surface area contributed by atoms with Crippen LogP contribution < -0.4 is 5.73 Å². The first-order valence-corrected chi connectivity index (χ1v) is 8.27. The number of nitrogens with two attached hydrogens (primary N) is 1. The number of hydrogen-bond donors (Lipinski definition) is 1. The molecule has 2 rings (SSSR count). The van der Waals surface area contributed by atoms with Gasteiger partial charge in [-0.1, -0.05) is 23.2 Å². The van der Waals surface area contributed by atoms with Crippen LogP contribution in [-0.2, 0) is 17.8 Å². The predicted molar refractivity (Wildman–Crippen MR) is 93.4 cm³/mol. The van der Waals surface area contributed by atoms with E-state index in [-0.39, 0.29) is 12.3 Å². The van der Waals surface area contributed by atoms with Gasteiger partial charge in [0.25, 0.3) is 0 Å². The van der Waals surface area contributed by atoms with Crippen molar-refractivity contribution in [2.45, 2.75) is 19.4 Å². The summed E-state index contributed by atoms with van der Waals surface area (Å²) in [6, 6.07) is 7.97. The van der Waals surface area contributed by atoms with Gasteiger partial charge in [-0.3, -0.25) is 9.78 Å². The minimum absolute atomic E-state index is 0.0964. The van der Waals surface area contributed by atoms with E-state index in [1.54, 1.807) is 23.1 Å². The third-order valence-electron chi connectivity index (χ3n) is 3.40. The van der Waals surface area contributed by atoms with Crippen LogP contribution in [-0.4, -0.2) is 28.9 Å². The van der Waals surface area contributed by atoms with Gasteiger partial charge in [0, 0.05) is 28.8 Å². The van der Waals surface area contributed by atoms with Crippen LogP contribution in [0.1, 0.15) is 17.7 Å². The largest absolute Gasteiger partial charge is 0.338 e. The second-order valence-corrected chi connectivity index (χ2v) is 6.25. The molecule has 1 amide bonds. The standard InChI is InChI=1S/C17H18Cl2FN3O/c18-13-6-12(7-14(19)8-13)11-23(5-1-4-21)17(24)9-16-3-2-15(20)10-22-16/h2-3,6-8,10H,1,4-5,9,11,21H2. The molecule has 0 saturated carbocycles. The quantitative estimate of drug-likeness (QED) is 0.812. The highest BCUT2D eigenvalue weighted by molar-refractivity contribution is 6.34. The highest BCUT2D eigenvalue weighted by atomic mass is 35.5. The van der Waals surface area contributed by atoms with E-state index in [0.717, 1.165) is 11.8 Å². The van der Waals surface area contributed by atoms with Crippen molar-refractivity contribution in [2.75, 3.05) is 13.1 Å². The van der Waals surface area contributed by atoms with Crippen molar-refractivity contribution in [1.29, 1.82) is 0 Å². The summed E-state index contributed by atoms with van der Waals surface area (Å²) in [5.74, 6) is -0.543. The number of rotatable bonds is 7. The molecule has 24 heavy (non-hydrogen) atoms. The molecule has 0 spiro atoms. The molecule has 0 atom stereocenters. The predicted octanol–water partition coefficient (Wildman–Crippen LogP) is 3.45. The van der Waals surface area contributed by atoms with Crippen LogP contribution >= 0.6 is 23.2 Å². The monoisotopic (exact) mass is 369 g/mol. The zero-order valence-corrected chi connectivity index (χ0v) is 14.5. The molecule has 0 saturated heterocycles. The van der Waals surface area contributed by atoms with E-state index in [4.69, 9.17) is 28.9 Å². The lowest BCUT2D eigenvalue weighted by Gasteiger charge is -2.23. The SMILES string of the molecule is NCCCN(Cc1cc(Cl)cc(Cl)c1)C(=O)Cc1ccc(F)cn1. The van der Waals surface area contributed by atoms with E-state index < -0.39 is 5.82 Å². The molecule has 1 aromatic heterocycles. The van der Waals surface area contributed by atoms with Crippen LogP contribution in [0.2, 0.25) is 10.0 Å². The van der Waals surface area contributed by atoms with Crippen LogP contribution in [0.5, 0.6) is 0 Å². The van der Waals surface area contributed by atoms with E-state index in [9.17, 15) is 9.18 Å². The zero-order valence-electron chi connectivity index (χ0n) is 13.0. The average Bonchev–Trinajstić information content (AvgIpc) is 2.52. The molecule has 0 aliphatic carbocycles. The third-order valence-corrected chi connectivity index (χ3v) is 3.84. The highest BCUT2D eigenvalue weighted by Gasteiger charge is 2.15. The summed E-state index contributed by atoms with van der Waals surface area (Å²) in [4.78, 5) is 18.2. The molecule has 1 aromatic carbocycles. The maximum atomic E-state index is 12.9. The first-order valence-electron chi connectivity index (χ1n) is 7.51. The van der Waals surface area contributed by atoms with Gasteiger partial charge in [0.1, 0.15) is 5.82 Å². The highest BCUT2D eigenvalue weighted by Crippen LogP contribution is 2.20. The molecule has 7 heteroatoms. The van der Waals surface area contributed by atoms with Gasteiger partial charge in [0.2, 0.25) is 5.91 Å². The second kappa shape index (κ2) is 8.97. The minimum Gasteiger partial charge on any atom is -0.338 e. The van der Waals surface area contributed by atoms with Crippen molar-refractivity contribution < 1.29 is 9.18 Å². The van der Waals surface area contributed by atoms with Crippen molar-refractivity contribution in [2.24, 2.45) is 5.73 Å². The number of benzene rings is 1. The maximum Gasteiger partial charge on any atom is 0.228 e. The lowest BCUT2D eigenvalue weighted by Crippen LogP contribution is -2.33. The number of pyridine rings is 1. The molecular weight excluding hydrogens is 352 g/mol. The number of carbonyl (C=O) groups is 1. The van der Waals surface area contributed by atoms with Gasteiger partial charge in [0.15, 0.2) is 0 Å². The van der Waals surface area contributed by atoms with Crippen molar-refractivity contribution in [3.8, 4) is 0 Å². The van der Waals surface area contributed by atoms with Gasteiger partial charge < -0.3 is 10.6 Å². The Kier molecular flexibility index (Phi) is 6.97.